The molecule has 1 heterocycles. The van der Waals surface area contributed by atoms with Crippen molar-refractivity contribution in [2.45, 2.75) is 26.2 Å². The van der Waals surface area contributed by atoms with Crippen LogP contribution in [0, 0.1) is 0 Å². The predicted molar refractivity (Wildman–Crippen MR) is 112 cm³/mol. The van der Waals surface area contributed by atoms with E-state index in [1.165, 1.54) is 10.4 Å². The summed E-state index contributed by atoms with van der Waals surface area (Å²) >= 11 is 1.77. The maximum atomic E-state index is 10.7. The molecule has 0 fully saturated rings. The molecule has 4 N–H and O–H groups in total. The zero-order chi connectivity index (χ0) is 19.5. The Morgan fingerprint density at radius 2 is 2.04 bits per heavy atom. The van der Waals surface area contributed by atoms with Gasteiger partial charge >= 0.3 is 0 Å². The van der Waals surface area contributed by atoms with Crippen molar-refractivity contribution in [2.75, 3.05) is 26.2 Å². The molecule has 1 amide bonds. The van der Waals surface area contributed by atoms with Crippen molar-refractivity contribution >= 4 is 23.2 Å². The van der Waals surface area contributed by atoms with Gasteiger partial charge in [-0.2, -0.15) is 0 Å². The first-order valence-corrected chi connectivity index (χ1v) is 10.0. The number of hydrogen-bond donors (Lipinski definition) is 3. The van der Waals surface area contributed by atoms with Crippen LogP contribution in [0.4, 0.5) is 0 Å². The number of aliphatic imine (C=N–C) groups is 1. The van der Waals surface area contributed by atoms with E-state index in [-0.39, 0.29) is 6.61 Å². The molecule has 1 unspecified atom stereocenters. The first-order valence-electron chi connectivity index (χ1n) is 9.14. The normalized spacial score (nSPS) is 12.4. The Hall–Kier alpha value is -2.54. The van der Waals surface area contributed by atoms with Crippen molar-refractivity contribution in [3.05, 3.63) is 52.2 Å². The third kappa shape index (κ3) is 7.70. The van der Waals surface area contributed by atoms with Crippen LogP contribution in [0.15, 0.2) is 46.8 Å². The summed E-state index contributed by atoms with van der Waals surface area (Å²) in [6, 6.07) is 11.9. The molecule has 0 radical (unpaired) electrons. The fraction of sp³-hybridized carbons (Fsp3) is 0.400. The number of ether oxygens (including phenoxy) is 1. The van der Waals surface area contributed by atoms with E-state index in [0.29, 0.717) is 11.7 Å². The zero-order valence-corrected chi connectivity index (χ0v) is 16.7. The lowest BCUT2D eigenvalue weighted by Gasteiger charge is -2.13. The minimum absolute atomic E-state index is 0.104. The Morgan fingerprint density at radius 3 is 2.67 bits per heavy atom. The maximum Gasteiger partial charge on any atom is 0.255 e. The lowest BCUT2D eigenvalue weighted by molar-refractivity contribution is -0.119. The largest absolute Gasteiger partial charge is 0.484 e. The molecule has 0 bridgehead atoms. The minimum Gasteiger partial charge on any atom is -0.484 e. The van der Waals surface area contributed by atoms with E-state index in [1.54, 1.807) is 11.3 Å². The van der Waals surface area contributed by atoms with Gasteiger partial charge in [-0.25, -0.2) is 0 Å². The summed E-state index contributed by atoms with van der Waals surface area (Å²) < 4.78 is 5.26. The van der Waals surface area contributed by atoms with Crippen molar-refractivity contribution < 1.29 is 9.53 Å². The van der Waals surface area contributed by atoms with E-state index >= 15 is 0 Å². The number of guanidine groups is 1. The molecule has 0 saturated heterocycles. The zero-order valence-electron chi connectivity index (χ0n) is 15.9. The van der Waals surface area contributed by atoms with Crippen LogP contribution in [-0.4, -0.2) is 38.1 Å². The number of primary amides is 1. The van der Waals surface area contributed by atoms with Crippen molar-refractivity contribution in [3.8, 4) is 5.75 Å². The average molecular weight is 389 g/mol. The average Bonchev–Trinajstić information content (AvgIpc) is 3.20. The molecule has 1 aromatic carbocycles. The molecule has 0 saturated carbocycles. The Bertz CT molecular complexity index is 714. The van der Waals surface area contributed by atoms with Crippen molar-refractivity contribution in [1.82, 2.24) is 10.6 Å². The standard InChI is InChI=1S/C20H28N4O2S/c1-3-22-20(24-13-15(2)18-5-4-12-27-18)23-11-10-16-6-8-17(9-7-16)26-14-19(21)25/h4-9,12,15H,3,10-11,13-14H2,1-2H3,(H2,21,25)(H2,22,23,24). The highest BCUT2D eigenvalue weighted by Crippen LogP contribution is 2.20. The van der Waals surface area contributed by atoms with Gasteiger partial charge in [-0.15, -0.1) is 11.3 Å². The van der Waals surface area contributed by atoms with Crippen LogP contribution in [0.25, 0.3) is 0 Å². The fourth-order valence-corrected chi connectivity index (χ4v) is 3.24. The molecule has 0 aliphatic carbocycles. The van der Waals surface area contributed by atoms with Gasteiger partial charge in [0.25, 0.3) is 5.91 Å². The second-order valence-corrected chi connectivity index (χ2v) is 7.19. The van der Waals surface area contributed by atoms with Gasteiger partial charge in [0.1, 0.15) is 5.75 Å². The van der Waals surface area contributed by atoms with Gasteiger partial charge in [0.2, 0.25) is 0 Å². The van der Waals surface area contributed by atoms with Gasteiger partial charge in [0, 0.05) is 23.9 Å². The number of hydrogen-bond acceptors (Lipinski definition) is 4. The molecule has 7 heteroatoms. The molecular formula is C20H28N4O2S. The third-order valence-corrected chi connectivity index (χ3v) is 5.01. The molecule has 2 rings (SSSR count). The number of benzene rings is 1. The molecule has 1 atom stereocenters. The minimum atomic E-state index is -0.480. The number of rotatable bonds is 10. The number of thiophene rings is 1. The number of carbonyl (C=O) groups is 1. The molecule has 146 valence electrons. The number of nitrogens with zero attached hydrogens (tertiary/aromatic N) is 1. The molecule has 0 aliphatic rings. The van der Waals surface area contributed by atoms with Gasteiger partial charge in [-0.3, -0.25) is 9.79 Å². The van der Waals surface area contributed by atoms with Crippen LogP contribution in [0.5, 0.6) is 5.75 Å². The van der Waals surface area contributed by atoms with E-state index in [9.17, 15) is 4.79 Å². The Morgan fingerprint density at radius 1 is 1.26 bits per heavy atom. The first kappa shape index (κ1) is 20.8. The second-order valence-electron chi connectivity index (χ2n) is 6.21. The van der Waals surface area contributed by atoms with E-state index in [4.69, 9.17) is 15.5 Å². The lowest BCUT2D eigenvalue weighted by Crippen LogP contribution is -2.38. The van der Waals surface area contributed by atoms with E-state index < -0.39 is 5.91 Å². The van der Waals surface area contributed by atoms with E-state index in [2.05, 4.69) is 42.0 Å². The highest BCUT2D eigenvalue weighted by atomic mass is 32.1. The van der Waals surface area contributed by atoms with E-state index in [1.807, 2.05) is 24.3 Å². The fourth-order valence-electron chi connectivity index (χ4n) is 2.46. The summed E-state index contributed by atoms with van der Waals surface area (Å²) in [4.78, 5) is 16.8. The smallest absolute Gasteiger partial charge is 0.255 e. The van der Waals surface area contributed by atoms with Crippen LogP contribution in [0.1, 0.15) is 30.2 Å². The summed E-state index contributed by atoms with van der Waals surface area (Å²) in [5.41, 5.74) is 6.25. The monoisotopic (exact) mass is 388 g/mol. The lowest BCUT2D eigenvalue weighted by atomic mass is 10.1. The van der Waals surface area contributed by atoms with Crippen LogP contribution in [0.3, 0.4) is 0 Å². The number of nitrogens with one attached hydrogen (secondary N) is 2. The number of nitrogens with two attached hydrogens (primary N) is 1. The molecule has 1 aromatic heterocycles. The van der Waals surface area contributed by atoms with E-state index in [0.717, 1.165) is 32.0 Å². The van der Waals surface area contributed by atoms with Crippen LogP contribution in [0.2, 0.25) is 0 Å². The number of amides is 1. The molecular weight excluding hydrogens is 360 g/mol. The summed E-state index contributed by atoms with van der Waals surface area (Å²) in [6.07, 6.45) is 0.862. The van der Waals surface area contributed by atoms with Gasteiger partial charge in [-0.05, 0) is 42.5 Å². The van der Waals surface area contributed by atoms with Crippen LogP contribution < -0.4 is 21.1 Å². The Kier molecular flexibility index (Phi) is 8.64. The summed E-state index contributed by atoms with van der Waals surface area (Å²) in [7, 11) is 0. The topological polar surface area (TPSA) is 88.7 Å². The Balaban J connectivity index is 1.79. The van der Waals surface area contributed by atoms with Gasteiger partial charge in [-0.1, -0.05) is 25.1 Å². The van der Waals surface area contributed by atoms with Crippen LogP contribution in [-0.2, 0) is 11.2 Å². The predicted octanol–water partition coefficient (Wildman–Crippen LogP) is 2.51. The van der Waals surface area contributed by atoms with Crippen LogP contribution >= 0.6 is 11.3 Å². The third-order valence-electron chi connectivity index (χ3n) is 3.91. The second kappa shape index (κ2) is 11.2. The highest BCUT2D eigenvalue weighted by Gasteiger charge is 2.06. The SMILES string of the molecule is CCNC(=NCC(C)c1cccs1)NCCc1ccc(OCC(N)=O)cc1. The molecule has 2 aromatic rings. The van der Waals surface area contributed by atoms with Gasteiger partial charge < -0.3 is 21.1 Å². The molecule has 6 nitrogen and oxygen atoms in total. The van der Waals surface area contributed by atoms with Crippen molar-refractivity contribution in [2.24, 2.45) is 10.7 Å². The summed E-state index contributed by atoms with van der Waals surface area (Å²) in [5, 5.41) is 8.76. The summed E-state index contributed by atoms with van der Waals surface area (Å²) in [6.45, 7) is 6.51. The maximum absolute atomic E-state index is 10.7. The Labute approximate surface area is 164 Å². The van der Waals surface area contributed by atoms with Gasteiger partial charge in [0.05, 0.1) is 6.54 Å². The quantitative estimate of drug-likeness (QED) is 0.431. The van der Waals surface area contributed by atoms with Crippen molar-refractivity contribution in [3.63, 3.8) is 0 Å². The molecule has 0 aliphatic heterocycles. The van der Waals surface area contributed by atoms with Crippen molar-refractivity contribution in [1.29, 1.82) is 0 Å². The van der Waals surface area contributed by atoms with Gasteiger partial charge in [0.15, 0.2) is 12.6 Å². The summed E-state index contributed by atoms with van der Waals surface area (Å²) in [5.74, 6) is 1.41. The molecule has 0 spiro atoms. The highest BCUT2D eigenvalue weighted by molar-refractivity contribution is 7.10. The molecule has 27 heavy (non-hydrogen) atoms. The number of carbonyl (C=O) groups excluding carboxylic acids is 1. The first-order chi connectivity index (χ1) is 13.1.